The second kappa shape index (κ2) is 5.07. The van der Waals surface area contributed by atoms with Gasteiger partial charge in [0.05, 0.1) is 0 Å². The number of amides is 1. The molecule has 0 aliphatic rings. The maximum Gasteiger partial charge on any atom is 0.431 e. The molecule has 1 rings (SSSR count). The topological polar surface area (TPSA) is 62.0 Å². The zero-order chi connectivity index (χ0) is 13.9. The first kappa shape index (κ1) is 14.0. The van der Waals surface area contributed by atoms with Crippen LogP contribution in [0, 0.1) is 0 Å². The van der Waals surface area contributed by atoms with E-state index in [2.05, 4.69) is 11.9 Å². The molecule has 0 radical (unpaired) electrons. The van der Waals surface area contributed by atoms with Crippen LogP contribution in [-0.2, 0) is 6.18 Å². The Kier molecular flexibility index (Phi) is 3.95. The number of pyridine rings is 1. The molecule has 1 aromatic heterocycles. The predicted octanol–water partition coefficient (Wildman–Crippen LogP) is 1.70. The van der Waals surface area contributed by atoms with E-state index in [-0.39, 0.29) is 12.1 Å². The Balaban J connectivity index is 2.96. The van der Waals surface area contributed by atoms with Crippen molar-refractivity contribution in [3.05, 3.63) is 45.9 Å². The molecule has 2 N–H and O–H groups in total. The minimum Gasteiger partial charge on any atom is -0.348 e. The zero-order valence-electron chi connectivity index (χ0n) is 9.52. The van der Waals surface area contributed by atoms with Gasteiger partial charge < -0.3 is 10.3 Å². The van der Waals surface area contributed by atoms with Crippen molar-refractivity contribution in [1.82, 2.24) is 10.3 Å². The number of rotatable bonds is 3. The number of hydrogen-bond acceptors (Lipinski definition) is 2. The van der Waals surface area contributed by atoms with Crippen LogP contribution in [-0.4, -0.2) is 17.4 Å². The summed E-state index contributed by atoms with van der Waals surface area (Å²) in [4.78, 5) is 24.4. The Hall–Kier alpha value is -2.05. The fourth-order valence-electron chi connectivity index (χ4n) is 1.14. The van der Waals surface area contributed by atoms with Crippen molar-refractivity contribution in [2.75, 3.05) is 6.54 Å². The van der Waals surface area contributed by atoms with E-state index in [4.69, 9.17) is 0 Å². The molecule has 0 saturated carbocycles. The van der Waals surface area contributed by atoms with Gasteiger partial charge in [-0.25, -0.2) is 0 Å². The number of hydrogen-bond donors (Lipinski definition) is 2. The van der Waals surface area contributed by atoms with E-state index in [1.54, 1.807) is 11.9 Å². The second-order valence-corrected chi connectivity index (χ2v) is 3.75. The molecule has 0 saturated heterocycles. The van der Waals surface area contributed by atoms with Gasteiger partial charge in [-0.2, -0.15) is 13.2 Å². The summed E-state index contributed by atoms with van der Waals surface area (Å²) < 4.78 is 36.8. The molecule has 98 valence electrons. The van der Waals surface area contributed by atoms with Crippen molar-refractivity contribution in [1.29, 1.82) is 0 Å². The summed E-state index contributed by atoms with van der Waals surface area (Å²) in [7, 11) is 0. The first-order chi connectivity index (χ1) is 8.21. The molecule has 4 nitrogen and oxygen atoms in total. The lowest BCUT2D eigenvalue weighted by atomic mass is 10.2. The molecule has 1 amide bonds. The molecular weight excluding hydrogens is 249 g/mol. The summed E-state index contributed by atoms with van der Waals surface area (Å²) in [5.74, 6) is -0.743. The van der Waals surface area contributed by atoms with Gasteiger partial charge in [-0.15, -0.1) is 0 Å². The van der Waals surface area contributed by atoms with E-state index in [0.717, 1.165) is 6.07 Å². The minimum absolute atomic E-state index is 0.152. The quantitative estimate of drug-likeness (QED) is 0.812. The van der Waals surface area contributed by atoms with Gasteiger partial charge >= 0.3 is 6.18 Å². The normalized spacial score (nSPS) is 11.1. The van der Waals surface area contributed by atoms with Crippen molar-refractivity contribution in [3.8, 4) is 0 Å². The lowest BCUT2D eigenvalue weighted by molar-refractivity contribution is -0.141. The lowest BCUT2D eigenvalue weighted by Gasteiger charge is -2.07. The highest BCUT2D eigenvalue weighted by Crippen LogP contribution is 2.26. The molecule has 1 heterocycles. The SMILES string of the molecule is C=C(C)CNC(=O)c1ccc(C(F)(F)F)[nH]c1=O. The number of H-pyrrole nitrogens is 1. The monoisotopic (exact) mass is 260 g/mol. The molecular formula is C11H11F3N2O2. The first-order valence-electron chi connectivity index (χ1n) is 4.95. The molecule has 1 aromatic rings. The summed E-state index contributed by atoms with van der Waals surface area (Å²) in [6.45, 7) is 5.36. The van der Waals surface area contributed by atoms with Gasteiger partial charge in [-0.3, -0.25) is 9.59 Å². The van der Waals surface area contributed by atoms with Gasteiger partial charge in [0.25, 0.3) is 11.5 Å². The fraction of sp³-hybridized carbons (Fsp3) is 0.273. The van der Waals surface area contributed by atoms with E-state index in [0.29, 0.717) is 11.6 Å². The van der Waals surface area contributed by atoms with Gasteiger partial charge in [0.1, 0.15) is 11.3 Å². The summed E-state index contributed by atoms with van der Waals surface area (Å²) in [5, 5.41) is 2.36. The van der Waals surface area contributed by atoms with Crippen LogP contribution in [0.15, 0.2) is 29.1 Å². The van der Waals surface area contributed by atoms with Crippen LogP contribution in [0.2, 0.25) is 0 Å². The molecule has 0 spiro atoms. The van der Waals surface area contributed by atoms with Gasteiger partial charge in [0.15, 0.2) is 0 Å². The number of aromatic nitrogens is 1. The lowest BCUT2D eigenvalue weighted by Crippen LogP contribution is -2.31. The number of alkyl halides is 3. The van der Waals surface area contributed by atoms with Crippen molar-refractivity contribution in [2.45, 2.75) is 13.1 Å². The number of aromatic amines is 1. The average molecular weight is 260 g/mol. The van der Waals surface area contributed by atoms with Crippen LogP contribution in [0.5, 0.6) is 0 Å². The van der Waals surface area contributed by atoms with E-state index in [1.807, 2.05) is 0 Å². The molecule has 0 bridgehead atoms. The molecule has 0 atom stereocenters. The van der Waals surface area contributed by atoms with Crippen LogP contribution in [0.4, 0.5) is 13.2 Å². The third-order valence-electron chi connectivity index (χ3n) is 2.01. The smallest absolute Gasteiger partial charge is 0.348 e. The molecule has 0 aliphatic heterocycles. The van der Waals surface area contributed by atoms with Crippen LogP contribution >= 0.6 is 0 Å². The Labute approximate surface area is 101 Å². The third-order valence-corrected chi connectivity index (χ3v) is 2.01. The molecule has 18 heavy (non-hydrogen) atoms. The molecule has 7 heteroatoms. The van der Waals surface area contributed by atoms with Gasteiger partial charge in [-0.05, 0) is 19.1 Å². The Morgan fingerprint density at radius 2 is 2.06 bits per heavy atom. The van der Waals surface area contributed by atoms with Crippen LogP contribution < -0.4 is 10.9 Å². The number of halogens is 3. The minimum atomic E-state index is -4.65. The van der Waals surface area contributed by atoms with Crippen molar-refractivity contribution in [3.63, 3.8) is 0 Å². The maximum absolute atomic E-state index is 12.3. The highest BCUT2D eigenvalue weighted by atomic mass is 19.4. The average Bonchev–Trinajstić information content (AvgIpc) is 2.24. The third kappa shape index (κ3) is 3.47. The first-order valence-corrected chi connectivity index (χ1v) is 4.95. The molecule has 0 aliphatic carbocycles. The predicted molar refractivity (Wildman–Crippen MR) is 59.2 cm³/mol. The summed E-state index contributed by atoms with van der Waals surface area (Å²) in [5.41, 5.74) is -1.98. The fourth-order valence-corrected chi connectivity index (χ4v) is 1.14. The van der Waals surface area contributed by atoms with E-state index in [1.165, 1.54) is 0 Å². The second-order valence-electron chi connectivity index (χ2n) is 3.75. The molecule has 0 aromatic carbocycles. The highest BCUT2D eigenvalue weighted by Gasteiger charge is 2.32. The van der Waals surface area contributed by atoms with E-state index in [9.17, 15) is 22.8 Å². The Morgan fingerprint density at radius 3 is 2.50 bits per heavy atom. The van der Waals surface area contributed by atoms with Crippen molar-refractivity contribution < 1.29 is 18.0 Å². The summed E-state index contributed by atoms with van der Waals surface area (Å²) in [6.07, 6.45) is -4.65. The maximum atomic E-state index is 12.3. The number of carbonyl (C=O) groups excluding carboxylic acids is 1. The van der Waals surface area contributed by atoms with Gasteiger partial charge in [-0.1, -0.05) is 12.2 Å². The van der Waals surface area contributed by atoms with E-state index >= 15 is 0 Å². The Morgan fingerprint density at radius 1 is 1.44 bits per heavy atom. The van der Waals surface area contributed by atoms with Crippen molar-refractivity contribution in [2.24, 2.45) is 0 Å². The largest absolute Gasteiger partial charge is 0.431 e. The molecule has 0 fully saturated rings. The molecule has 0 unspecified atom stereocenters. The number of carbonyl (C=O) groups is 1. The van der Waals surface area contributed by atoms with Crippen LogP contribution in [0.25, 0.3) is 0 Å². The van der Waals surface area contributed by atoms with Crippen LogP contribution in [0.1, 0.15) is 23.0 Å². The van der Waals surface area contributed by atoms with Crippen molar-refractivity contribution >= 4 is 5.91 Å². The Bertz CT molecular complexity index is 532. The van der Waals surface area contributed by atoms with E-state index < -0.39 is 23.3 Å². The standard InChI is InChI=1S/C11H11F3N2O2/c1-6(2)5-15-9(17)7-3-4-8(11(12,13)14)16-10(7)18/h3-4H,1,5H2,2H3,(H,15,17)(H,16,18). The summed E-state index contributed by atoms with van der Waals surface area (Å²) >= 11 is 0. The zero-order valence-corrected chi connectivity index (χ0v) is 9.52. The summed E-state index contributed by atoms with van der Waals surface area (Å²) in [6, 6.07) is 1.49. The highest BCUT2D eigenvalue weighted by molar-refractivity contribution is 5.93. The van der Waals surface area contributed by atoms with Gasteiger partial charge in [0.2, 0.25) is 0 Å². The number of nitrogens with one attached hydrogen (secondary N) is 2. The van der Waals surface area contributed by atoms with Crippen LogP contribution in [0.3, 0.4) is 0 Å². The van der Waals surface area contributed by atoms with Gasteiger partial charge in [0, 0.05) is 6.54 Å².